The van der Waals surface area contributed by atoms with Crippen LogP contribution in [0.5, 0.6) is 0 Å². The predicted octanol–water partition coefficient (Wildman–Crippen LogP) is 3.87. The number of nitrogens with one attached hydrogen (secondary N) is 1. The molecule has 5 nitrogen and oxygen atoms in total. The van der Waals surface area contributed by atoms with E-state index in [0.717, 1.165) is 15.8 Å². The second-order valence-corrected chi connectivity index (χ2v) is 5.54. The van der Waals surface area contributed by atoms with E-state index < -0.39 is 0 Å². The predicted molar refractivity (Wildman–Crippen MR) is 91.1 cm³/mol. The molecule has 1 amide bonds. The molecule has 0 saturated heterocycles. The Kier molecular flexibility index (Phi) is 4.63. The highest BCUT2D eigenvalue weighted by atomic mass is 79.9. The van der Waals surface area contributed by atoms with Crippen LogP contribution in [-0.4, -0.2) is 17.1 Å². The van der Waals surface area contributed by atoms with Gasteiger partial charge in [0.25, 0.3) is 5.91 Å². The van der Waals surface area contributed by atoms with Crippen molar-refractivity contribution in [3.63, 3.8) is 0 Å². The smallest absolute Gasteiger partial charge is 0.289 e. The number of nitrogens with zero attached hydrogens (tertiary/aromatic N) is 2. The molecule has 0 radical (unpaired) electrons. The maximum atomic E-state index is 11.8. The molecule has 0 aliphatic carbocycles. The van der Waals surface area contributed by atoms with E-state index in [1.54, 1.807) is 30.5 Å². The molecule has 0 fully saturated rings. The molecule has 114 valence electrons. The van der Waals surface area contributed by atoms with E-state index in [1.165, 1.54) is 6.21 Å². The van der Waals surface area contributed by atoms with E-state index in [9.17, 15) is 4.79 Å². The molecule has 2 heterocycles. The van der Waals surface area contributed by atoms with Gasteiger partial charge in [0, 0.05) is 16.2 Å². The summed E-state index contributed by atoms with van der Waals surface area (Å²) in [6.45, 7) is 0. The summed E-state index contributed by atoms with van der Waals surface area (Å²) in [6.07, 6.45) is 3.00. The first-order valence-electron chi connectivity index (χ1n) is 6.82. The number of amides is 1. The van der Waals surface area contributed by atoms with Gasteiger partial charge in [0.05, 0.1) is 6.21 Å². The van der Waals surface area contributed by atoms with Crippen molar-refractivity contribution in [2.24, 2.45) is 5.10 Å². The summed E-state index contributed by atoms with van der Waals surface area (Å²) in [7, 11) is 0. The fourth-order valence-electron chi connectivity index (χ4n) is 1.93. The summed E-state index contributed by atoms with van der Waals surface area (Å²) >= 11 is 3.42. The third-order valence-electron chi connectivity index (χ3n) is 2.99. The van der Waals surface area contributed by atoms with Gasteiger partial charge in [-0.05, 0) is 36.4 Å². The van der Waals surface area contributed by atoms with Gasteiger partial charge in [-0.15, -0.1) is 0 Å². The molecule has 0 unspecified atom stereocenters. The van der Waals surface area contributed by atoms with Gasteiger partial charge < -0.3 is 4.42 Å². The lowest BCUT2D eigenvalue weighted by atomic mass is 10.2. The van der Waals surface area contributed by atoms with Crippen molar-refractivity contribution < 1.29 is 9.21 Å². The standard InChI is InChI=1S/C17H12BrN3O2/c18-13-5-3-4-12(10-13)16-8-7-14(23-16)11-20-21-17(22)15-6-1-2-9-19-15/h1-11H,(H,21,22)/b20-11+. The molecule has 0 bridgehead atoms. The highest BCUT2D eigenvalue weighted by molar-refractivity contribution is 9.10. The minimum atomic E-state index is -0.374. The number of halogens is 1. The maximum Gasteiger partial charge on any atom is 0.289 e. The molecule has 0 saturated carbocycles. The molecule has 1 aromatic carbocycles. The lowest BCUT2D eigenvalue weighted by Gasteiger charge is -1.98. The number of hydrazone groups is 1. The summed E-state index contributed by atoms with van der Waals surface area (Å²) in [6, 6.07) is 16.5. The molecule has 2 aromatic heterocycles. The molecule has 3 aromatic rings. The van der Waals surface area contributed by atoms with Crippen LogP contribution in [0.1, 0.15) is 16.2 Å². The monoisotopic (exact) mass is 369 g/mol. The SMILES string of the molecule is O=C(N/N=C/c1ccc(-c2cccc(Br)c2)o1)c1ccccn1. The lowest BCUT2D eigenvalue weighted by molar-refractivity contribution is 0.0950. The number of carbonyl (C=O) groups is 1. The minimum absolute atomic E-state index is 0.305. The topological polar surface area (TPSA) is 67.5 Å². The Morgan fingerprint density at radius 3 is 2.87 bits per heavy atom. The second-order valence-electron chi connectivity index (χ2n) is 4.63. The van der Waals surface area contributed by atoms with Crippen molar-refractivity contribution in [1.82, 2.24) is 10.4 Å². The van der Waals surface area contributed by atoms with Gasteiger partial charge in [0.2, 0.25) is 0 Å². The van der Waals surface area contributed by atoms with Gasteiger partial charge in [-0.2, -0.15) is 5.10 Å². The van der Waals surface area contributed by atoms with Crippen LogP contribution in [0.15, 0.2) is 74.8 Å². The largest absolute Gasteiger partial charge is 0.455 e. The van der Waals surface area contributed by atoms with E-state index in [-0.39, 0.29) is 5.91 Å². The summed E-state index contributed by atoms with van der Waals surface area (Å²) in [5.74, 6) is 0.894. The number of pyridine rings is 1. The fraction of sp³-hybridized carbons (Fsp3) is 0. The van der Waals surface area contributed by atoms with Crippen LogP contribution in [0.3, 0.4) is 0 Å². The number of aromatic nitrogens is 1. The molecule has 0 aliphatic rings. The Hall–Kier alpha value is -2.73. The first kappa shape index (κ1) is 15.2. The zero-order valence-electron chi connectivity index (χ0n) is 11.9. The Morgan fingerprint density at radius 1 is 1.17 bits per heavy atom. The summed E-state index contributed by atoms with van der Waals surface area (Å²) in [5.41, 5.74) is 3.67. The molecule has 6 heteroatoms. The van der Waals surface area contributed by atoms with Gasteiger partial charge in [-0.1, -0.05) is 34.1 Å². The fourth-order valence-corrected chi connectivity index (χ4v) is 2.33. The Bertz CT molecular complexity index is 844. The van der Waals surface area contributed by atoms with Gasteiger partial charge in [0.1, 0.15) is 17.2 Å². The molecule has 0 spiro atoms. The number of rotatable bonds is 4. The maximum absolute atomic E-state index is 11.8. The zero-order chi connectivity index (χ0) is 16.1. The highest BCUT2D eigenvalue weighted by Crippen LogP contribution is 2.24. The van der Waals surface area contributed by atoms with E-state index in [2.05, 4.69) is 31.4 Å². The molecule has 23 heavy (non-hydrogen) atoms. The zero-order valence-corrected chi connectivity index (χ0v) is 13.5. The van der Waals surface area contributed by atoms with Crippen LogP contribution in [-0.2, 0) is 0 Å². The van der Waals surface area contributed by atoms with Gasteiger partial charge in [-0.25, -0.2) is 5.43 Å². The first-order chi connectivity index (χ1) is 11.2. The molecular formula is C17H12BrN3O2. The van der Waals surface area contributed by atoms with E-state index in [4.69, 9.17) is 4.42 Å². The van der Waals surface area contributed by atoms with E-state index in [1.807, 2.05) is 30.3 Å². The molecular weight excluding hydrogens is 358 g/mol. The molecule has 1 N–H and O–H groups in total. The van der Waals surface area contributed by atoms with Gasteiger partial charge in [-0.3, -0.25) is 9.78 Å². The second kappa shape index (κ2) is 7.02. The van der Waals surface area contributed by atoms with Crippen LogP contribution in [0.25, 0.3) is 11.3 Å². The van der Waals surface area contributed by atoms with Gasteiger partial charge >= 0.3 is 0 Å². The Balaban J connectivity index is 1.66. The average molecular weight is 370 g/mol. The van der Waals surface area contributed by atoms with Crippen molar-refractivity contribution >= 4 is 28.1 Å². The highest BCUT2D eigenvalue weighted by Gasteiger charge is 2.05. The Morgan fingerprint density at radius 2 is 2.09 bits per heavy atom. The number of benzene rings is 1. The van der Waals surface area contributed by atoms with E-state index in [0.29, 0.717) is 11.5 Å². The van der Waals surface area contributed by atoms with Crippen LogP contribution in [0.4, 0.5) is 0 Å². The summed E-state index contributed by atoms with van der Waals surface area (Å²) < 4.78 is 6.65. The summed E-state index contributed by atoms with van der Waals surface area (Å²) in [4.78, 5) is 15.7. The Labute approximate surface area is 141 Å². The van der Waals surface area contributed by atoms with Crippen molar-refractivity contribution in [3.05, 3.63) is 76.7 Å². The normalized spacial score (nSPS) is 10.8. The van der Waals surface area contributed by atoms with E-state index >= 15 is 0 Å². The van der Waals surface area contributed by atoms with Gasteiger partial charge in [0.15, 0.2) is 0 Å². The quantitative estimate of drug-likeness (QED) is 0.560. The van der Waals surface area contributed by atoms with Crippen LogP contribution in [0.2, 0.25) is 0 Å². The average Bonchev–Trinajstić information content (AvgIpc) is 3.04. The van der Waals surface area contributed by atoms with Crippen LogP contribution < -0.4 is 5.43 Å². The number of furan rings is 1. The third-order valence-corrected chi connectivity index (χ3v) is 3.48. The first-order valence-corrected chi connectivity index (χ1v) is 7.62. The minimum Gasteiger partial charge on any atom is -0.455 e. The molecule has 3 rings (SSSR count). The number of carbonyl (C=O) groups excluding carboxylic acids is 1. The van der Waals surface area contributed by atoms with Crippen molar-refractivity contribution in [2.75, 3.05) is 0 Å². The van der Waals surface area contributed by atoms with Crippen molar-refractivity contribution in [3.8, 4) is 11.3 Å². The van der Waals surface area contributed by atoms with Crippen LogP contribution >= 0.6 is 15.9 Å². The lowest BCUT2D eigenvalue weighted by Crippen LogP contribution is -2.18. The van der Waals surface area contributed by atoms with Crippen molar-refractivity contribution in [2.45, 2.75) is 0 Å². The van der Waals surface area contributed by atoms with Crippen LogP contribution in [0, 0.1) is 0 Å². The van der Waals surface area contributed by atoms with Crippen molar-refractivity contribution in [1.29, 1.82) is 0 Å². The molecule has 0 atom stereocenters. The third kappa shape index (κ3) is 3.92. The summed E-state index contributed by atoms with van der Waals surface area (Å²) in [5, 5.41) is 3.87. The molecule has 0 aliphatic heterocycles. The number of hydrogen-bond acceptors (Lipinski definition) is 4. The number of hydrogen-bond donors (Lipinski definition) is 1.